The molecule has 8 nitrogen and oxygen atoms in total. The second kappa shape index (κ2) is 8.93. The van der Waals surface area contributed by atoms with Crippen molar-refractivity contribution in [2.75, 3.05) is 14.2 Å². The number of nitrogens with zero attached hydrogens (tertiary/aromatic N) is 2. The Balaban J connectivity index is 2.40. The molecule has 1 aliphatic rings. The van der Waals surface area contributed by atoms with Gasteiger partial charge in [0.25, 0.3) is 0 Å². The predicted octanol–water partition coefficient (Wildman–Crippen LogP) is 3.73. The predicted molar refractivity (Wildman–Crippen MR) is 115 cm³/mol. The molecule has 0 saturated carbocycles. The third-order valence-electron chi connectivity index (χ3n) is 5.11. The van der Waals surface area contributed by atoms with Crippen LogP contribution in [0.5, 0.6) is 11.5 Å². The van der Waals surface area contributed by atoms with Crippen molar-refractivity contribution >= 4 is 18.0 Å². The number of ether oxygens (including phenoxy) is 3. The molecule has 0 bridgehead atoms. The van der Waals surface area contributed by atoms with Crippen LogP contribution in [0, 0.1) is 5.92 Å². The van der Waals surface area contributed by atoms with Crippen LogP contribution in [0.4, 0.5) is 4.79 Å². The van der Waals surface area contributed by atoms with Gasteiger partial charge in [-0.1, -0.05) is 13.8 Å². The van der Waals surface area contributed by atoms with Crippen molar-refractivity contribution in [3.63, 3.8) is 0 Å². The van der Waals surface area contributed by atoms with Gasteiger partial charge in [0.15, 0.2) is 0 Å². The van der Waals surface area contributed by atoms with E-state index in [2.05, 4.69) is 5.32 Å². The summed E-state index contributed by atoms with van der Waals surface area (Å²) in [7, 11) is 3.13. The van der Waals surface area contributed by atoms with Crippen LogP contribution in [-0.2, 0) is 16.1 Å². The first-order valence-corrected chi connectivity index (χ1v) is 9.99. The highest BCUT2D eigenvalue weighted by molar-refractivity contribution is 6.05. The number of alkyl carbamates (subject to hydrolysis) is 1. The molecule has 166 valence electrons. The monoisotopic (exact) mass is 419 g/mol. The van der Waals surface area contributed by atoms with Crippen molar-refractivity contribution < 1.29 is 23.8 Å². The Bertz CT molecular complexity index is 829. The molecule has 2 rings (SSSR count). The standard InChI is InChI=1S/C22H33N3O5/c1-14(2)22(6)12-18(26)25(19(24-22)23-20(27)30-21(3,4)5)13-15-9-10-16(28-7)11-17(15)29-8/h9-11,14H,12-13H2,1-8H3,(H,23,24,27). The maximum absolute atomic E-state index is 13.1. The zero-order valence-electron chi connectivity index (χ0n) is 19.2. The molecule has 0 aromatic heterocycles. The third kappa shape index (κ3) is 5.64. The lowest BCUT2D eigenvalue weighted by Crippen LogP contribution is -2.55. The van der Waals surface area contributed by atoms with E-state index in [1.54, 1.807) is 47.1 Å². The largest absolute Gasteiger partial charge is 0.497 e. The number of aliphatic imine (C=N–C) groups is 1. The maximum Gasteiger partial charge on any atom is 0.414 e. The quantitative estimate of drug-likeness (QED) is 0.785. The average molecular weight is 420 g/mol. The minimum Gasteiger partial charge on any atom is -0.497 e. The van der Waals surface area contributed by atoms with Crippen LogP contribution in [0.3, 0.4) is 0 Å². The zero-order chi connectivity index (χ0) is 22.7. The van der Waals surface area contributed by atoms with Crippen LogP contribution < -0.4 is 14.8 Å². The zero-order valence-corrected chi connectivity index (χ0v) is 19.2. The smallest absolute Gasteiger partial charge is 0.414 e. The van der Waals surface area contributed by atoms with Crippen molar-refractivity contribution in [3.05, 3.63) is 23.8 Å². The first-order chi connectivity index (χ1) is 13.9. The summed E-state index contributed by atoms with van der Waals surface area (Å²) < 4.78 is 16.1. The van der Waals surface area contributed by atoms with Gasteiger partial charge < -0.3 is 14.2 Å². The molecule has 8 heteroatoms. The Kier molecular flexibility index (Phi) is 7.00. The number of nitrogens with one attached hydrogen (secondary N) is 1. The molecule has 0 saturated heterocycles. The molecule has 1 aromatic carbocycles. The Morgan fingerprint density at radius 2 is 1.93 bits per heavy atom. The van der Waals surface area contributed by atoms with E-state index in [1.165, 1.54) is 4.90 Å². The first-order valence-electron chi connectivity index (χ1n) is 9.99. The lowest BCUT2D eigenvalue weighted by Gasteiger charge is -2.39. The van der Waals surface area contributed by atoms with Crippen molar-refractivity contribution in [3.8, 4) is 11.5 Å². The van der Waals surface area contributed by atoms with Crippen LogP contribution >= 0.6 is 0 Å². The summed E-state index contributed by atoms with van der Waals surface area (Å²) in [4.78, 5) is 31.7. The van der Waals surface area contributed by atoms with Crippen molar-refractivity contribution in [2.24, 2.45) is 10.9 Å². The van der Waals surface area contributed by atoms with Gasteiger partial charge in [0.1, 0.15) is 17.1 Å². The summed E-state index contributed by atoms with van der Waals surface area (Å²) in [6, 6.07) is 5.37. The molecule has 1 heterocycles. The van der Waals surface area contributed by atoms with E-state index < -0.39 is 17.2 Å². The van der Waals surface area contributed by atoms with E-state index in [1.807, 2.05) is 26.8 Å². The number of hydrogen-bond acceptors (Lipinski definition) is 6. The minimum atomic E-state index is -0.672. The van der Waals surface area contributed by atoms with E-state index in [9.17, 15) is 9.59 Å². The van der Waals surface area contributed by atoms with Gasteiger partial charge in [0, 0.05) is 11.6 Å². The summed E-state index contributed by atoms with van der Waals surface area (Å²) >= 11 is 0. The Morgan fingerprint density at radius 3 is 2.47 bits per heavy atom. The van der Waals surface area contributed by atoms with Crippen molar-refractivity contribution in [1.29, 1.82) is 0 Å². The summed E-state index contributed by atoms with van der Waals surface area (Å²) in [5, 5.41) is 2.67. The molecule has 1 aromatic rings. The number of benzene rings is 1. The molecule has 30 heavy (non-hydrogen) atoms. The minimum absolute atomic E-state index is 0.106. The Labute approximate surface area is 178 Å². The number of hydrogen-bond donors (Lipinski definition) is 1. The number of rotatable bonds is 5. The fraction of sp³-hybridized carbons (Fsp3) is 0.591. The number of guanidine groups is 1. The molecular formula is C22H33N3O5. The van der Waals surface area contributed by atoms with Crippen LogP contribution in [0.2, 0.25) is 0 Å². The molecule has 1 unspecified atom stereocenters. The fourth-order valence-electron chi connectivity index (χ4n) is 3.00. The molecule has 0 fully saturated rings. The van der Waals surface area contributed by atoms with Gasteiger partial charge in [-0.25, -0.2) is 9.79 Å². The lowest BCUT2D eigenvalue weighted by atomic mass is 9.84. The van der Waals surface area contributed by atoms with Gasteiger partial charge in [0.2, 0.25) is 11.9 Å². The second-order valence-corrected chi connectivity index (χ2v) is 8.91. The summed E-state index contributed by atoms with van der Waals surface area (Å²) in [6.45, 7) is 11.4. The van der Waals surface area contributed by atoms with Gasteiger partial charge in [-0.2, -0.15) is 0 Å². The van der Waals surface area contributed by atoms with Gasteiger partial charge in [-0.05, 0) is 45.7 Å². The summed E-state index contributed by atoms with van der Waals surface area (Å²) in [5.41, 5.74) is -0.533. The number of amides is 2. The second-order valence-electron chi connectivity index (χ2n) is 8.91. The molecule has 0 radical (unpaired) electrons. The average Bonchev–Trinajstić information content (AvgIpc) is 2.62. The van der Waals surface area contributed by atoms with E-state index in [0.717, 1.165) is 5.56 Å². The van der Waals surface area contributed by atoms with Crippen molar-refractivity contribution in [1.82, 2.24) is 10.2 Å². The summed E-state index contributed by atoms with van der Waals surface area (Å²) in [5.74, 6) is 1.37. The topological polar surface area (TPSA) is 89.5 Å². The lowest BCUT2D eigenvalue weighted by molar-refractivity contribution is -0.130. The van der Waals surface area contributed by atoms with E-state index >= 15 is 0 Å². The highest BCUT2D eigenvalue weighted by Crippen LogP contribution is 2.32. The van der Waals surface area contributed by atoms with E-state index in [0.29, 0.717) is 11.5 Å². The molecule has 0 spiro atoms. The highest BCUT2D eigenvalue weighted by Gasteiger charge is 2.40. The molecule has 0 aliphatic carbocycles. The van der Waals surface area contributed by atoms with Crippen LogP contribution in [0.15, 0.2) is 23.2 Å². The normalized spacial score (nSPS) is 19.4. The Hall–Kier alpha value is -2.77. The van der Waals surface area contributed by atoms with Gasteiger partial charge >= 0.3 is 6.09 Å². The SMILES string of the molecule is COc1ccc(CN2C(=O)CC(C)(C(C)C)N=C2NC(=O)OC(C)(C)C)c(OC)c1. The molecular weight excluding hydrogens is 386 g/mol. The van der Waals surface area contributed by atoms with Crippen LogP contribution in [0.25, 0.3) is 0 Å². The number of carbonyl (C=O) groups excluding carboxylic acids is 2. The van der Waals surface area contributed by atoms with Gasteiger partial charge in [0.05, 0.1) is 32.7 Å². The molecule has 1 atom stereocenters. The molecule has 1 N–H and O–H groups in total. The Morgan fingerprint density at radius 1 is 1.27 bits per heavy atom. The van der Waals surface area contributed by atoms with Gasteiger partial charge in [-0.15, -0.1) is 0 Å². The molecule has 2 amide bonds. The van der Waals surface area contributed by atoms with Crippen LogP contribution in [0.1, 0.15) is 53.5 Å². The van der Waals surface area contributed by atoms with Gasteiger partial charge in [-0.3, -0.25) is 15.0 Å². The van der Waals surface area contributed by atoms with Crippen LogP contribution in [-0.4, -0.2) is 48.2 Å². The number of methoxy groups -OCH3 is 2. The van der Waals surface area contributed by atoms with E-state index in [4.69, 9.17) is 19.2 Å². The number of carbonyl (C=O) groups is 2. The maximum atomic E-state index is 13.1. The molecule has 1 aliphatic heterocycles. The first kappa shape index (κ1) is 23.5. The fourth-order valence-corrected chi connectivity index (χ4v) is 3.00. The van der Waals surface area contributed by atoms with Crippen molar-refractivity contribution in [2.45, 2.75) is 65.6 Å². The highest BCUT2D eigenvalue weighted by atomic mass is 16.6. The van der Waals surface area contributed by atoms with E-state index in [-0.39, 0.29) is 30.8 Å². The summed E-state index contributed by atoms with van der Waals surface area (Å²) in [6.07, 6.45) is -0.420. The third-order valence-corrected chi connectivity index (χ3v) is 5.11.